The minimum absolute atomic E-state index is 0.00418. The van der Waals surface area contributed by atoms with Crippen molar-refractivity contribution >= 4 is 43.8 Å². The van der Waals surface area contributed by atoms with Crippen molar-refractivity contribution in [1.82, 2.24) is 0 Å². The maximum Gasteiger partial charge on any atom is 0.232 e. The van der Waals surface area contributed by atoms with Crippen LogP contribution in [0.25, 0.3) is 0 Å². The predicted octanol–water partition coefficient (Wildman–Crippen LogP) is 5.81. The van der Waals surface area contributed by atoms with Crippen molar-refractivity contribution in [3.05, 3.63) is 71.8 Å². The van der Waals surface area contributed by atoms with E-state index >= 15 is 0 Å². The van der Waals surface area contributed by atoms with Crippen molar-refractivity contribution in [2.75, 3.05) is 20.5 Å². The van der Waals surface area contributed by atoms with Crippen LogP contribution in [0.5, 0.6) is 11.5 Å². The van der Waals surface area contributed by atoms with E-state index in [1.165, 1.54) is 25.1 Å². The Bertz CT molecular complexity index is 1380. The Morgan fingerprint density at radius 2 is 1.83 bits per heavy atom. The maximum absolute atomic E-state index is 14.6. The fourth-order valence-corrected chi connectivity index (χ4v) is 4.97. The number of sulfonamides is 1. The molecule has 1 saturated carbocycles. The zero-order chi connectivity index (χ0) is 25.2. The van der Waals surface area contributed by atoms with Gasteiger partial charge in [-0.05, 0) is 62.6 Å². The van der Waals surface area contributed by atoms with E-state index in [-0.39, 0.29) is 45.3 Å². The van der Waals surface area contributed by atoms with Crippen LogP contribution in [-0.2, 0) is 21.0 Å². The van der Waals surface area contributed by atoms with Crippen LogP contribution in [0.15, 0.2) is 54.6 Å². The van der Waals surface area contributed by atoms with Gasteiger partial charge in [-0.3, -0.25) is 9.44 Å². The number of ether oxygens (including phenoxy) is 1. The monoisotopic (exact) mass is 521 g/mol. The SMILES string of the molecule is CCS(=O)(=O)Nc1cccc(Oc2cc(F)cc(Nc3ccc(C)cc3F)c2NS(=O)C2CC2)c1. The molecule has 0 aromatic heterocycles. The zero-order valence-electron chi connectivity index (χ0n) is 19.1. The molecular formula is C24H25F2N3O4S2. The van der Waals surface area contributed by atoms with Crippen LogP contribution in [-0.4, -0.2) is 23.6 Å². The molecule has 1 aliphatic rings. The summed E-state index contributed by atoms with van der Waals surface area (Å²) in [4.78, 5) is 0. The average molecular weight is 522 g/mol. The Labute approximate surface area is 205 Å². The molecule has 1 fully saturated rings. The van der Waals surface area contributed by atoms with Crippen LogP contribution < -0.4 is 19.5 Å². The third-order valence-corrected chi connectivity index (χ3v) is 7.99. The lowest BCUT2D eigenvalue weighted by Crippen LogP contribution is -2.14. The van der Waals surface area contributed by atoms with Gasteiger partial charge in [0.15, 0.2) is 5.75 Å². The van der Waals surface area contributed by atoms with Crippen LogP contribution in [0.1, 0.15) is 25.3 Å². The number of benzene rings is 3. The summed E-state index contributed by atoms with van der Waals surface area (Å²) >= 11 is 0. The van der Waals surface area contributed by atoms with Gasteiger partial charge in [0.1, 0.15) is 34.1 Å². The number of rotatable bonds is 10. The second-order valence-electron chi connectivity index (χ2n) is 8.17. The minimum Gasteiger partial charge on any atom is -0.455 e. The number of hydrogen-bond acceptors (Lipinski definition) is 5. The summed E-state index contributed by atoms with van der Waals surface area (Å²) < 4.78 is 76.9. The van der Waals surface area contributed by atoms with Crippen LogP contribution in [0, 0.1) is 18.6 Å². The van der Waals surface area contributed by atoms with E-state index < -0.39 is 32.6 Å². The lowest BCUT2D eigenvalue weighted by Gasteiger charge is -2.19. The summed E-state index contributed by atoms with van der Waals surface area (Å²) in [5.74, 6) is -1.07. The molecule has 0 spiro atoms. The Kier molecular flexibility index (Phi) is 7.27. The fourth-order valence-electron chi connectivity index (χ4n) is 3.20. The van der Waals surface area contributed by atoms with Crippen molar-refractivity contribution < 1.29 is 26.1 Å². The molecular weight excluding hydrogens is 496 g/mol. The summed E-state index contributed by atoms with van der Waals surface area (Å²) in [6, 6.07) is 13.0. The van der Waals surface area contributed by atoms with Crippen LogP contribution in [0.2, 0.25) is 0 Å². The predicted molar refractivity (Wildman–Crippen MR) is 135 cm³/mol. The molecule has 3 aromatic rings. The van der Waals surface area contributed by atoms with Gasteiger partial charge in [0, 0.05) is 12.1 Å². The summed E-state index contributed by atoms with van der Waals surface area (Å²) in [7, 11) is -4.97. The van der Waals surface area contributed by atoms with Crippen molar-refractivity contribution in [3.63, 3.8) is 0 Å². The molecule has 35 heavy (non-hydrogen) atoms. The Hall–Kier alpha value is -3.18. The smallest absolute Gasteiger partial charge is 0.232 e. The van der Waals surface area contributed by atoms with Crippen molar-refractivity contribution in [2.24, 2.45) is 0 Å². The molecule has 0 amide bonds. The molecule has 3 aromatic carbocycles. The minimum atomic E-state index is -3.51. The molecule has 4 rings (SSSR count). The first kappa shape index (κ1) is 24.9. The van der Waals surface area contributed by atoms with E-state index in [0.29, 0.717) is 0 Å². The Morgan fingerprint density at radius 3 is 2.51 bits per heavy atom. The van der Waals surface area contributed by atoms with Crippen molar-refractivity contribution in [3.8, 4) is 11.5 Å². The molecule has 3 N–H and O–H groups in total. The summed E-state index contributed by atoms with van der Waals surface area (Å²) in [5.41, 5.74) is 1.44. The number of halogens is 2. The highest BCUT2D eigenvalue weighted by atomic mass is 32.2. The van der Waals surface area contributed by atoms with E-state index in [1.807, 2.05) is 0 Å². The molecule has 0 saturated heterocycles. The third kappa shape index (κ3) is 6.49. The van der Waals surface area contributed by atoms with E-state index in [2.05, 4.69) is 14.8 Å². The molecule has 0 bridgehead atoms. The molecule has 1 aliphatic carbocycles. The van der Waals surface area contributed by atoms with E-state index in [0.717, 1.165) is 30.5 Å². The lowest BCUT2D eigenvalue weighted by molar-refractivity contribution is 0.480. The van der Waals surface area contributed by atoms with Crippen LogP contribution >= 0.6 is 0 Å². The largest absolute Gasteiger partial charge is 0.455 e. The summed E-state index contributed by atoms with van der Waals surface area (Å²) in [5, 5.41) is 2.83. The molecule has 0 aliphatic heterocycles. The fraction of sp³-hybridized carbons (Fsp3) is 0.250. The molecule has 11 heteroatoms. The van der Waals surface area contributed by atoms with Gasteiger partial charge in [-0.25, -0.2) is 21.4 Å². The third-order valence-electron chi connectivity index (χ3n) is 5.21. The normalized spacial score (nSPS) is 14.3. The number of nitrogens with one attached hydrogen (secondary N) is 3. The highest BCUT2D eigenvalue weighted by Crippen LogP contribution is 2.41. The van der Waals surface area contributed by atoms with Gasteiger partial charge in [0.2, 0.25) is 10.0 Å². The van der Waals surface area contributed by atoms with Gasteiger partial charge in [-0.15, -0.1) is 0 Å². The summed E-state index contributed by atoms with van der Waals surface area (Å²) in [6.45, 7) is 3.26. The topological polar surface area (TPSA) is 96.5 Å². The number of aryl methyl sites for hydroxylation is 1. The molecule has 186 valence electrons. The van der Waals surface area contributed by atoms with Gasteiger partial charge in [0.25, 0.3) is 0 Å². The van der Waals surface area contributed by atoms with Gasteiger partial charge >= 0.3 is 0 Å². The van der Waals surface area contributed by atoms with Crippen molar-refractivity contribution in [1.29, 1.82) is 0 Å². The van der Waals surface area contributed by atoms with Crippen LogP contribution in [0.4, 0.5) is 31.5 Å². The maximum atomic E-state index is 14.6. The van der Waals surface area contributed by atoms with E-state index in [1.54, 1.807) is 31.2 Å². The molecule has 1 unspecified atom stereocenters. The van der Waals surface area contributed by atoms with Gasteiger partial charge in [0.05, 0.1) is 28.1 Å². The second-order valence-corrected chi connectivity index (χ2v) is 11.6. The van der Waals surface area contributed by atoms with Gasteiger partial charge < -0.3 is 10.1 Å². The second kappa shape index (κ2) is 10.2. The Balaban J connectivity index is 1.71. The highest BCUT2D eigenvalue weighted by Gasteiger charge is 2.30. The van der Waals surface area contributed by atoms with E-state index in [4.69, 9.17) is 4.74 Å². The quantitative estimate of drug-likeness (QED) is 0.313. The van der Waals surface area contributed by atoms with Crippen molar-refractivity contribution in [2.45, 2.75) is 31.9 Å². The van der Waals surface area contributed by atoms with Gasteiger partial charge in [-0.1, -0.05) is 12.1 Å². The summed E-state index contributed by atoms with van der Waals surface area (Å²) in [6.07, 6.45) is 1.60. The van der Waals surface area contributed by atoms with Crippen LogP contribution in [0.3, 0.4) is 0 Å². The van der Waals surface area contributed by atoms with E-state index in [9.17, 15) is 21.4 Å². The zero-order valence-corrected chi connectivity index (χ0v) is 20.7. The first-order valence-corrected chi connectivity index (χ1v) is 13.8. The Morgan fingerprint density at radius 1 is 1.06 bits per heavy atom. The molecule has 7 nitrogen and oxygen atoms in total. The molecule has 1 atom stereocenters. The molecule has 0 radical (unpaired) electrons. The number of anilines is 4. The first-order valence-electron chi connectivity index (χ1n) is 11.0. The number of hydrogen-bond donors (Lipinski definition) is 3. The average Bonchev–Trinajstić information content (AvgIpc) is 3.63. The molecule has 0 heterocycles. The standard InChI is InChI=1S/C24H25F2N3O4S2/c1-3-35(31,32)29-17-5-4-6-18(14-17)33-23-13-16(25)12-22(24(23)28-34(30)19-8-9-19)27-21-10-7-15(2)11-20(21)26/h4-7,10-14,19,27-29H,3,8-9H2,1-2H3. The van der Waals surface area contributed by atoms with Gasteiger partial charge in [-0.2, -0.15) is 0 Å². The highest BCUT2D eigenvalue weighted by molar-refractivity contribution is 7.92. The lowest BCUT2D eigenvalue weighted by atomic mass is 10.2. The first-order chi connectivity index (χ1) is 16.6.